The molecule has 0 saturated carbocycles. The third-order valence-corrected chi connectivity index (χ3v) is 3.33. The lowest BCUT2D eigenvalue weighted by atomic mass is 10.1. The second-order valence-corrected chi connectivity index (χ2v) is 5.47. The minimum atomic E-state index is -0.878. The Balaban J connectivity index is 2.12. The van der Waals surface area contributed by atoms with E-state index in [4.69, 9.17) is 18.4 Å². The number of carbonyl (C=O) groups excluding carboxylic acids is 4. The molecule has 2 aromatic rings. The SMILES string of the molecule is CCOC(=O)c1c(NC(=O)COC(=O)c2cc(C)no2)oc(C)c1C(C)=O. The van der Waals surface area contributed by atoms with E-state index in [-0.39, 0.29) is 35.1 Å². The van der Waals surface area contributed by atoms with Gasteiger partial charge in [-0.25, -0.2) is 9.59 Å². The maximum absolute atomic E-state index is 12.1. The van der Waals surface area contributed by atoms with Crippen molar-refractivity contribution in [3.63, 3.8) is 0 Å². The summed E-state index contributed by atoms with van der Waals surface area (Å²) in [5.74, 6) is -3.16. The molecule has 144 valence electrons. The van der Waals surface area contributed by atoms with Crippen LogP contribution in [0.25, 0.3) is 0 Å². The van der Waals surface area contributed by atoms with Crippen LogP contribution in [0.1, 0.15) is 56.6 Å². The number of nitrogens with one attached hydrogen (secondary N) is 1. The first-order valence-corrected chi connectivity index (χ1v) is 7.96. The summed E-state index contributed by atoms with van der Waals surface area (Å²) in [7, 11) is 0. The van der Waals surface area contributed by atoms with E-state index < -0.39 is 30.2 Å². The van der Waals surface area contributed by atoms with Crippen molar-refractivity contribution in [3.8, 4) is 0 Å². The summed E-state index contributed by atoms with van der Waals surface area (Å²) in [5, 5.41) is 5.83. The number of Topliss-reactive ketones (excluding diaryl/α,β-unsaturated/α-hetero) is 1. The number of esters is 2. The molecule has 10 heteroatoms. The van der Waals surface area contributed by atoms with Crippen LogP contribution in [0, 0.1) is 13.8 Å². The molecule has 10 nitrogen and oxygen atoms in total. The summed E-state index contributed by atoms with van der Waals surface area (Å²) in [5.41, 5.74) is 0.304. The molecule has 0 unspecified atom stereocenters. The highest BCUT2D eigenvalue weighted by Gasteiger charge is 2.29. The molecule has 0 bridgehead atoms. The fourth-order valence-corrected chi connectivity index (χ4v) is 2.28. The van der Waals surface area contributed by atoms with E-state index in [1.807, 2.05) is 0 Å². The number of furan rings is 1. The zero-order chi connectivity index (χ0) is 20.1. The van der Waals surface area contributed by atoms with Gasteiger partial charge in [0.1, 0.15) is 11.3 Å². The number of aromatic nitrogens is 1. The molecule has 0 aromatic carbocycles. The number of aryl methyl sites for hydroxylation is 2. The third kappa shape index (κ3) is 4.60. The number of ether oxygens (including phenoxy) is 2. The van der Waals surface area contributed by atoms with Gasteiger partial charge in [0.2, 0.25) is 11.6 Å². The van der Waals surface area contributed by atoms with E-state index in [1.165, 1.54) is 19.9 Å². The van der Waals surface area contributed by atoms with Gasteiger partial charge in [-0.15, -0.1) is 0 Å². The van der Waals surface area contributed by atoms with Crippen LogP contribution < -0.4 is 5.32 Å². The molecule has 27 heavy (non-hydrogen) atoms. The molecule has 0 radical (unpaired) electrons. The largest absolute Gasteiger partial charge is 0.462 e. The Morgan fingerprint density at radius 2 is 1.81 bits per heavy atom. The molecule has 1 amide bonds. The van der Waals surface area contributed by atoms with Crippen LogP contribution in [0.2, 0.25) is 0 Å². The minimum Gasteiger partial charge on any atom is -0.462 e. The predicted molar refractivity (Wildman–Crippen MR) is 89.6 cm³/mol. The summed E-state index contributed by atoms with van der Waals surface area (Å²) in [6.07, 6.45) is 0. The van der Waals surface area contributed by atoms with Gasteiger partial charge in [-0.1, -0.05) is 5.16 Å². The van der Waals surface area contributed by atoms with Gasteiger partial charge >= 0.3 is 11.9 Å². The molecule has 2 aromatic heterocycles. The standard InChI is InChI=1S/C17H18N2O8/c1-5-24-17(23)14-13(9(3)20)10(4)26-15(14)18-12(21)7-25-16(22)11-6-8(2)19-27-11/h6H,5,7H2,1-4H3,(H,18,21). The van der Waals surface area contributed by atoms with Gasteiger partial charge in [0.05, 0.1) is 17.9 Å². The zero-order valence-electron chi connectivity index (χ0n) is 15.2. The van der Waals surface area contributed by atoms with Crippen LogP contribution in [0.3, 0.4) is 0 Å². The third-order valence-electron chi connectivity index (χ3n) is 3.33. The lowest BCUT2D eigenvalue weighted by Crippen LogP contribution is -2.22. The molecule has 0 atom stereocenters. The lowest BCUT2D eigenvalue weighted by molar-refractivity contribution is -0.119. The van der Waals surface area contributed by atoms with Crippen molar-refractivity contribution in [1.29, 1.82) is 0 Å². The van der Waals surface area contributed by atoms with Crippen LogP contribution >= 0.6 is 0 Å². The average molecular weight is 378 g/mol. The summed E-state index contributed by atoms with van der Waals surface area (Å²) in [4.78, 5) is 47.7. The highest BCUT2D eigenvalue weighted by atomic mass is 16.6. The number of nitrogens with zero attached hydrogens (tertiary/aromatic N) is 1. The van der Waals surface area contributed by atoms with Crippen molar-refractivity contribution in [2.24, 2.45) is 0 Å². The molecule has 0 aliphatic rings. The second-order valence-electron chi connectivity index (χ2n) is 5.47. The van der Waals surface area contributed by atoms with Crippen LogP contribution in [-0.2, 0) is 14.3 Å². The van der Waals surface area contributed by atoms with Crippen molar-refractivity contribution in [3.05, 3.63) is 34.4 Å². The van der Waals surface area contributed by atoms with E-state index in [0.29, 0.717) is 5.69 Å². The Hall–Kier alpha value is -3.43. The Labute approximate surface area is 153 Å². The molecule has 1 N–H and O–H groups in total. The maximum Gasteiger partial charge on any atom is 0.377 e. The Morgan fingerprint density at radius 3 is 2.37 bits per heavy atom. The van der Waals surface area contributed by atoms with Gasteiger partial charge in [0.15, 0.2) is 12.4 Å². The number of ketones is 1. The monoisotopic (exact) mass is 378 g/mol. The molecule has 0 fully saturated rings. The second kappa shape index (κ2) is 8.30. The van der Waals surface area contributed by atoms with Crippen LogP contribution in [-0.4, -0.2) is 42.0 Å². The Morgan fingerprint density at radius 1 is 1.11 bits per heavy atom. The fraction of sp³-hybridized carbons (Fsp3) is 0.353. The summed E-state index contributed by atoms with van der Waals surface area (Å²) >= 11 is 0. The molecular weight excluding hydrogens is 360 g/mol. The number of anilines is 1. The van der Waals surface area contributed by atoms with Crippen molar-refractivity contribution in [2.75, 3.05) is 18.5 Å². The van der Waals surface area contributed by atoms with Gasteiger partial charge in [-0.3, -0.25) is 14.9 Å². The average Bonchev–Trinajstić information content (AvgIpc) is 3.16. The van der Waals surface area contributed by atoms with E-state index >= 15 is 0 Å². The molecule has 0 aliphatic carbocycles. The van der Waals surface area contributed by atoms with Crippen molar-refractivity contribution < 1.29 is 37.6 Å². The molecular formula is C17H18N2O8. The summed E-state index contributed by atoms with van der Waals surface area (Å²) < 4.78 is 19.7. The van der Waals surface area contributed by atoms with Crippen LogP contribution in [0.4, 0.5) is 5.88 Å². The first kappa shape index (κ1) is 19.9. The first-order valence-electron chi connectivity index (χ1n) is 7.96. The molecule has 2 heterocycles. The number of rotatable bonds is 7. The van der Waals surface area contributed by atoms with Gasteiger partial charge in [-0.05, 0) is 27.7 Å². The summed E-state index contributed by atoms with van der Waals surface area (Å²) in [6, 6.07) is 1.36. The summed E-state index contributed by atoms with van der Waals surface area (Å²) in [6.45, 7) is 5.35. The normalized spacial score (nSPS) is 10.4. The number of hydrogen-bond acceptors (Lipinski definition) is 9. The number of carbonyl (C=O) groups is 4. The van der Waals surface area contributed by atoms with E-state index in [2.05, 4.69) is 10.5 Å². The highest BCUT2D eigenvalue weighted by Crippen LogP contribution is 2.28. The van der Waals surface area contributed by atoms with Gasteiger partial charge in [0.25, 0.3) is 5.91 Å². The quantitative estimate of drug-likeness (QED) is 0.566. The maximum atomic E-state index is 12.1. The molecule has 2 rings (SSSR count). The topological polar surface area (TPSA) is 138 Å². The molecule has 0 spiro atoms. The minimum absolute atomic E-state index is 0.0119. The number of amides is 1. The zero-order valence-corrected chi connectivity index (χ0v) is 15.2. The van der Waals surface area contributed by atoms with Gasteiger partial charge in [-0.2, -0.15) is 0 Å². The first-order chi connectivity index (χ1) is 12.7. The van der Waals surface area contributed by atoms with E-state index in [1.54, 1.807) is 13.8 Å². The van der Waals surface area contributed by atoms with Gasteiger partial charge < -0.3 is 18.4 Å². The predicted octanol–water partition coefficient (Wildman–Crippen LogP) is 2.06. The molecule has 0 saturated heterocycles. The highest BCUT2D eigenvalue weighted by molar-refractivity contribution is 6.10. The Bertz CT molecular complexity index is 893. The Kier molecular flexibility index (Phi) is 6.11. The van der Waals surface area contributed by atoms with Crippen molar-refractivity contribution >= 4 is 29.5 Å². The lowest BCUT2D eigenvalue weighted by Gasteiger charge is -2.06. The van der Waals surface area contributed by atoms with Crippen LogP contribution in [0.5, 0.6) is 0 Å². The van der Waals surface area contributed by atoms with Crippen molar-refractivity contribution in [1.82, 2.24) is 5.16 Å². The number of hydrogen-bond donors (Lipinski definition) is 1. The van der Waals surface area contributed by atoms with E-state index in [9.17, 15) is 19.2 Å². The molecule has 0 aliphatic heterocycles. The van der Waals surface area contributed by atoms with E-state index in [0.717, 1.165) is 0 Å². The van der Waals surface area contributed by atoms with Gasteiger partial charge in [0, 0.05) is 6.07 Å². The smallest absolute Gasteiger partial charge is 0.377 e. The fourth-order valence-electron chi connectivity index (χ4n) is 2.28. The van der Waals surface area contributed by atoms with Crippen molar-refractivity contribution in [2.45, 2.75) is 27.7 Å². The van der Waals surface area contributed by atoms with Crippen LogP contribution in [0.15, 0.2) is 15.0 Å².